The van der Waals surface area contributed by atoms with Crippen molar-refractivity contribution < 1.29 is 33.3 Å². The van der Waals surface area contributed by atoms with E-state index in [-0.39, 0.29) is 34.3 Å². The molecule has 8 nitrogen and oxygen atoms in total. The number of aromatic carboxylic acids is 1. The first-order chi connectivity index (χ1) is 16.7. The summed E-state index contributed by atoms with van der Waals surface area (Å²) in [6.45, 7) is 0.503. The minimum absolute atomic E-state index is 0.0196. The van der Waals surface area contributed by atoms with E-state index in [4.69, 9.17) is 21.4 Å². The van der Waals surface area contributed by atoms with Crippen molar-refractivity contribution in [1.82, 2.24) is 5.32 Å². The molecule has 10 heteroatoms. The number of aliphatic hydroxyl groups is 2. The summed E-state index contributed by atoms with van der Waals surface area (Å²) in [5.41, 5.74) is 1.31. The lowest BCUT2D eigenvalue weighted by molar-refractivity contribution is 0.0690. The van der Waals surface area contributed by atoms with Crippen LogP contribution < -0.4 is 10.1 Å². The lowest BCUT2D eigenvalue weighted by Gasteiger charge is -2.13. The Labute approximate surface area is 208 Å². The summed E-state index contributed by atoms with van der Waals surface area (Å²) in [4.78, 5) is 11.4. The Morgan fingerprint density at radius 3 is 2.40 bits per heavy atom. The fourth-order valence-corrected chi connectivity index (χ4v) is 4.88. The van der Waals surface area contributed by atoms with E-state index in [2.05, 4.69) is 5.32 Å². The van der Waals surface area contributed by atoms with Crippen LogP contribution in [-0.4, -0.2) is 56.0 Å². The zero-order chi connectivity index (χ0) is 25.4. The molecular weight excluding hydrogens is 494 g/mol. The Balaban J connectivity index is 1.62. The van der Waals surface area contributed by atoms with E-state index < -0.39 is 21.9 Å². The van der Waals surface area contributed by atoms with Crippen molar-refractivity contribution in [3.63, 3.8) is 0 Å². The predicted molar refractivity (Wildman–Crippen MR) is 131 cm³/mol. The van der Waals surface area contributed by atoms with Crippen LogP contribution in [0.1, 0.15) is 27.6 Å². The van der Waals surface area contributed by atoms with Crippen LogP contribution in [-0.2, 0) is 16.3 Å². The number of nitrogens with one attached hydrogen (secondary N) is 1. The van der Waals surface area contributed by atoms with Crippen LogP contribution in [0.2, 0.25) is 5.02 Å². The molecule has 0 bridgehead atoms. The second-order valence-corrected chi connectivity index (χ2v) is 10.1. The first-order valence-corrected chi connectivity index (χ1v) is 12.7. The van der Waals surface area contributed by atoms with E-state index in [0.717, 1.165) is 17.2 Å². The summed E-state index contributed by atoms with van der Waals surface area (Å²) in [6.07, 6.45) is -0.0832. The second kappa shape index (κ2) is 12.1. The van der Waals surface area contributed by atoms with E-state index in [0.29, 0.717) is 24.5 Å². The number of carboxylic acid groups (broad SMARTS) is 1. The average Bonchev–Trinajstić information content (AvgIpc) is 2.85. The van der Waals surface area contributed by atoms with Gasteiger partial charge in [-0.25, -0.2) is 13.2 Å². The molecule has 35 heavy (non-hydrogen) atoms. The van der Waals surface area contributed by atoms with E-state index >= 15 is 0 Å². The number of carbonyl (C=O) groups is 1. The van der Waals surface area contributed by atoms with Gasteiger partial charge in [0.25, 0.3) is 0 Å². The minimum atomic E-state index is -3.95. The Morgan fingerprint density at radius 2 is 1.74 bits per heavy atom. The summed E-state index contributed by atoms with van der Waals surface area (Å²) < 4.78 is 31.2. The number of hydrogen-bond donors (Lipinski definition) is 4. The van der Waals surface area contributed by atoms with Gasteiger partial charge in [0, 0.05) is 11.6 Å². The van der Waals surface area contributed by atoms with E-state index in [9.17, 15) is 23.4 Å². The van der Waals surface area contributed by atoms with E-state index in [1.54, 1.807) is 36.4 Å². The SMILES string of the molecule is O=C(O)c1cc(S(=O)(=O)c2ccc(CCNC[C@H](O)c3cccc(Cl)c3)cc2)ccc1OCCO. The molecule has 3 rings (SSSR count). The third kappa shape index (κ3) is 7.03. The summed E-state index contributed by atoms with van der Waals surface area (Å²) in [7, 11) is -3.95. The van der Waals surface area contributed by atoms with Crippen molar-refractivity contribution in [3.8, 4) is 5.75 Å². The molecular formula is C25H26ClNO7S. The van der Waals surface area contributed by atoms with Crippen molar-refractivity contribution in [3.05, 3.63) is 88.4 Å². The zero-order valence-electron chi connectivity index (χ0n) is 18.7. The highest BCUT2D eigenvalue weighted by atomic mass is 35.5. The van der Waals surface area contributed by atoms with Gasteiger partial charge in [-0.15, -0.1) is 0 Å². The predicted octanol–water partition coefficient (Wildman–Crippen LogP) is 3.11. The molecule has 186 valence electrons. The van der Waals surface area contributed by atoms with Gasteiger partial charge in [0.15, 0.2) is 0 Å². The quantitative estimate of drug-likeness (QED) is 0.268. The summed E-state index contributed by atoms with van der Waals surface area (Å²) in [5.74, 6) is -1.35. The minimum Gasteiger partial charge on any atom is -0.490 e. The largest absolute Gasteiger partial charge is 0.490 e. The van der Waals surface area contributed by atoms with Crippen LogP contribution in [0.25, 0.3) is 0 Å². The van der Waals surface area contributed by atoms with Gasteiger partial charge in [0.2, 0.25) is 9.84 Å². The molecule has 0 spiro atoms. The lowest BCUT2D eigenvalue weighted by Crippen LogP contribution is -2.23. The molecule has 0 saturated heterocycles. The maximum Gasteiger partial charge on any atom is 0.339 e. The molecule has 0 aliphatic rings. The topological polar surface area (TPSA) is 133 Å². The van der Waals surface area contributed by atoms with Crippen LogP contribution in [0.15, 0.2) is 76.5 Å². The van der Waals surface area contributed by atoms with Crippen molar-refractivity contribution in [2.75, 3.05) is 26.3 Å². The maximum atomic E-state index is 13.0. The number of rotatable bonds is 12. The zero-order valence-corrected chi connectivity index (χ0v) is 20.3. The van der Waals surface area contributed by atoms with Gasteiger partial charge in [-0.1, -0.05) is 35.9 Å². The highest BCUT2D eigenvalue weighted by molar-refractivity contribution is 7.91. The van der Waals surface area contributed by atoms with Crippen molar-refractivity contribution in [1.29, 1.82) is 0 Å². The van der Waals surface area contributed by atoms with Gasteiger partial charge in [-0.3, -0.25) is 0 Å². The van der Waals surface area contributed by atoms with E-state index in [1.165, 1.54) is 24.3 Å². The number of ether oxygens (including phenoxy) is 1. The molecule has 3 aromatic rings. The molecule has 0 aromatic heterocycles. The van der Waals surface area contributed by atoms with Gasteiger partial charge < -0.3 is 25.4 Å². The van der Waals surface area contributed by atoms with Crippen LogP contribution in [0.3, 0.4) is 0 Å². The number of carboxylic acids is 1. The summed E-state index contributed by atoms with van der Waals surface area (Å²) in [5, 5.41) is 32.3. The molecule has 0 fully saturated rings. The van der Waals surface area contributed by atoms with Gasteiger partial charge >= 0.3 is 5.97 Å². The normalized spacial score (nSPS) is 12.3. The molecule has 3 aromatic carbocycles. The number of halogens is 1. The molecule has 0 aliphatic heterocycles. The number of sulfone groups is 1. The van der Waals surface area contributed by atoms with Gasteiger partial charge in [0.05, 0.1) is 22.5 Å². The number of benzene rings is 3. The van der Waals surface area contributed by atoms with Crippen molar-refractivity contribution >= 4 is 27.4 Å². The molecule has 0 aliphatic carbocycles. The molecule has 0 unspecified atom stereocenters. The van der Waals surface area contributed by atoms with Gasteiger partial charge in [-0.05, 0) is 66.6 Å². The second-order valence-electron chi connectivity index (χ2n) is 7.71. The Bertz CT molecular complexity index is 1260. The monoisotopic (exact) mass is 519 g/mol. The van der Waals surface area contributed by atoms with Gasteiger partial charge in [-0.2, -0.15) is 0 Å². The molecule has 0 saturated carbocycles. The van der Waals surface area contributed by atoms with Crippen LogP contribution in [0.5, 0.6) is 5.75 Å². The first kappa shape index (κ1) is 26.7. The summed E-state index contributed by atoms with van der Waals surface area (Å²) in [6, 6.07) is 17.0. The standard InChI is InChI=1S/C25H26ClNO7S/c26-19-3-1-2-18(14-19)23(29)16-27-11-10-17-4-6-20(7-5-17)35(32,33)21-8-9-24(34-13-12-28)22(15-21)25(30)31/h1-9,14-15,23,27-29H,10-13,16H2,(H,30,31)/t23-/m0/s1. The van der Waals surface area contributed by atoms with Crippen LogP contribution >= 0.6 is 11.6 Å². The third-order valence-corrected chi connectivity index (χ3v) is 7.24. The Morgan fingerprint density at radius 1 is 1.03 bits per heavy atom. The number of aliphatic hydroxyl groups excluding tert-OH is 2. The highest BCUT2D eigenvalue weighted by Gasteiger charge is 2.22. The van der Waals surface area contributed by atoms with E-state index in [1.807, 2.05) is 0 Å². The molecule has 4 N–H and O–H groups in total. The van der Waals surface area contributed by atoms with Crippen LogP contribution in [0, 0.1) is 0 Å². The fourth-order valence-electron chi connectivity index (χ4n) is 3.40. The van der Waals surface area contributed by atoms with Crippen molar-refractivity contribution in [2.45, 2.75) is 22.3 Å². The Hall–Kier alpha value is -2.95. The fraction of sp³-hybridized carbons (Fsp3) is 0.240. The van der Waals surface area contributed by atoms with Crippen molar-refractivity contribution in [2.24, 2.45) is 0 Å². The number of hydrogen-bond acceptors (Lipinski definition) is 7. The molecule has 0 radical (unpaired) electrons. The molecule has 0 amide bonds. The maximum absolute atomic E-state index is 13.0. The Kier molecular flexibility index (Phi) is 9.25. The molecule has 1 atom stereocenters. The third-order valence-electron chi connectivity index (χ3n) is 5.24. The molecule has 0 heterocycles. The van der Waals surface area contributed by atoms with Gasteiger partial charge in [0.1, 0.15) is 17.9 Å². The highest BCUT2D eigenvalue weighted by Crippen LogP contribution is 2.27. The lowest BCUT2D eigenvalue weighted by atomic mass is 10.1. The first-order valence-electron chi connectivity index (χ1n) is 10.8. The average molecular weight is 520 g/mol. The summed E-state index contributed by atoms with van der Waals surface area (Å²) >= 11 is 5.95. The van der Waals surface area contributed by atoms with Crippen LogP contribution in [0.4, 0.5) is 0 Å². The smallest absolute Gasteiger partial charge is 0.339 e.